The number of benzene rings is 1. The Kier molecular flexibility index (Phi) is 7.57. The molecule has 0 aliphatic heterocycles. The average molecular weight is 404 g/mol. The maximum Gasteiger partial charge on any atom is 0.262 e. The van der Waals surface area contributed by atoms with Crippen molar-refractivity contribution in [2.45, 2.75) is 19.9 Å². The molecule has 7 nitrogen and oxygen atoms in total. The molecule has 0 bridgehead atoms. The van der Waals surface area contributed by atoms with Crippen molar-refractivity contribution >= 4 is 34.7 Å². The highest BCUT2D eigenvalue weighted by molar-refractivity contribution is 7.12. The molecule has 2 aromatic rings. The summed E-state index contributed by atoms with van der Waals surface area (Å²) in [6.45, 7) is 3.69. The largest absolute Gasteiger partial charge is 0.484 e. The second-order valence-electron chi connectivity index (χ2n) is 6.76. The summed E-state index contributed by atoms with van der Waals surface area (Å²) in [5.74, 6) is -0.253. The zero-order chi connectivity index (χ0) is 20.7. The minimum absolute atomic E-state index is 0.0527. The normalized spacial score (nSPS) is 11.6. The number of anilines is 1. The van der Waals surface area contributed by atoms with Crippen molar-refractivity contribution < 1.29 is 19.1 Å². The molecular formula is C20H25N3O4S. The maximum atomic E-state index is 12.6. The molecule has 2 N–H and O–H groups in total. The van der Waals surface area contributed by atoms with Gasteiger partial charge in [0.2, 0.25) is 5.91 Å². The van der Waals surface area contributed by atoms with E-state index in [0.717, 1.165) is 0 Å². The van der Waals surface area contributed by atoms with Crippen LogP contribution in [-0.2, 0) is 9.59 Å². The van der Waals surface area contributed by atoms with E-state index in [2.05, 4.69) is 10.6 Å². The Bertz CT molecular complexity index is 801. The van der Waals surface area contributed by atoms with Gasteiger partial charge in [-0.1, -0.05) is 19.9 Å². The zero-order valence-electron chi connectivity index (χ0n) is 16.4. The summed E-state index contributed by atoms with van der Waals surface area (Å²) in [6.07, 6.45) is 0. The molecule has 0 fully saturated rings. The van der Waals surface area contributed by atoms with Crippen LogP contribution in [0, 0.1) is 5.92 Å². The van der Waals surface area contributed by atoms with Crippen molar-refractivity contribution in [1.29, 1.82) is 0 Å². The van der Waals surface area contributed by atoms with Gasteiger partial charge in [-0.15, -0.1) is 11.3 Å². The number of likely N-dealkylation sites (N-methyl/N-ethyl adjacent to an activating group) is 1. The van der Waals surface area contributed by atoms with E-state index in [1.807, 2.05) is 19.2 Å². The average Bonchev–Trinajstić information content (AvgIpc) is 3.19. The maximum absolute atomic E-state index is 12.6. The third-order valence-electron chi connectivity index (χ3n) is 3.96. The molecule has 1 aromatic carbocycles. The number of nitrogens with zero attached hydrogens (tertiary/aromatic N) is 1. The third kappa shape index (κ3) is 6.09. The Balaban J connectivity index is 1.95. The molecule has 0 saturated carbocycles. The first-order chi connectivity index (χ1) is 13.3. The number of rotatable bonds is 8. The molecule has 1 aromatic heterocycles. The van der Waals surface area contributed by atoms with Gasteiger partial charge in [0, 0.05) is 19.8 Å². The summed E-state index contributed by atoms with van der Waals surface area (Å²) in [6, 6.07) is 9.57. The fourth-order valence-electron chi connectivity index (χ4n) is 2.28. The molecule has 0 aliphatic rings. The lowest BCUT2D eigenvalue weighted by Crippen LogP contribution is -2.46. The van der Waals surface area contributed by atoms with Gasteiger partial charge in [0.25, 0.3) is 11.8 Å². The van der Waals surface area contributed by atoms with Crippen LogP contribution >= 0.6 is 11.3 Å². The fraction of sp³-hybridized carbons (Fsp3) is 0.350. The first kappa shape index (κ1) is 21.4. The van der Waals surface area contributed by atoms with Gasteiger partial charge < -0.3 is 20.3 Å². The van der Waals surface area contributed by atoms with Crippen LogP contribution in [0.25, 0.3) is 0 Å². The number of ether oxygens (including phenoxy) is 1. The number of hydrogen-bond donors (Lipinski definition) is 2. The van der Waals surface area contributed by atoms with Crippen molar-refractivity contribution in [3.8, 4) is 5.75 Å². The first-order valence-electron chi connectivity index (χ1n) is 8.86. The van der Waals surface area contributed by atoms with Crippen LogP contribution in [0.15, 0.2) is 41.8 Å². The SMILES string of the molecule is CC(C)C(NC(=O)c1cccs1)C(=O)Nc1ccc(OCC(=O)N(C)C)cc1. The van der Waals surface area contributed by atoms with Gasteiger partial charge >= 0.3 is 0 Å². The second kappa shape index (κ2) is 9.89. The molecule has 0 spiro atoms. The van der Waals surface area contributed by atoms with Crippen LogP contribution in [0.5, 0.6) is 5.75 Å². The van der Waals surface area contributed by atoms with E-state index in [9.17, 15) is 14.4 Å². The van der Waals surface area contributed by atoms with Crippen molar-refractivity contribution in [3.05, 3.63) is 46.7 Å². The van der Waals surface area contributed by atoms with Crippen LogP contribution in [-0.4, -0.2) is 49.4 Å². The molecule has 3 amide bonds. The molecule has 1 atom stereocenters. The van der Waals surface area contributed by atoms with Gasteiger partial charge in [-0.3, -0.25) is 14.4 Å². The first-order valence-corrected chi connectivity index (χ1v) is 9.74. The Morgan fingerprint density at radius 2 is 1.79 bits per heavy atom. The minimum Gasteiger partial charge on any atom is -0.484 e. The lowest BCUT2D eigenvalue weighted by Gasteiger charge is -2.21. The summed E-state index contributed by atoms with van der Waals surface area (Å²) in [5, 5.41) is 7.40. The van der Waals surface area contributed by atoms with Crippen LogP contribution in [0.2, 0.25) is 0 Å². The molecule has 8 heteroatoms. The number of amides is 3. The van der Waals surface area contributed by atoms with Gasteiger partial charge in [-0.25, -0.2) is 0 Å². The molecule has 1 heterocycles. The van der Waals surface area contributed by atoms with E-state index in [1.54, 1.807) is 50.5 Å². The van der Waals surface area contributed by atoms with E-state index in [1.165, 1.54) is 16.2 Å². The number of hydrogen-bond acceptors (Lipinski definition) is 5. The standard InChI is InChI=1S/C20H25N3O4S/c1-13(2)18(22-19(25)16-6-5-11-28-16)20(26)21-14-7-9-15(10-8-14)27-12-17(24)23(3)4/h5-11,13,18H,12H2,1-4H3,(H,21,26)(H,22,25). The smallest absolute Gasteiger partial charge is 0.262 e. The molecule has 0 radical (unpaired) electrons. The predicted molar refractivity (Wildman–Crippen MR) is 110 cm³/mol. The number of nitrogens with one attached hydrogen (secondary N) is 2. The van der Waals surface area contributed by atoms with E-state index in [0.29, 0.717) is 16.3 Å². The highest BCUT2D eigenvalue weighted by atomic mass is 32.1. The Morgan fingerprint density at radius 3 is 2.32 bits per heavy atom. The molecule has 28 heavy (non-hydrogen) atoms. The van der Waals surface area contributed by atoms with Gasteiger partial charge in [0.15, 0.2) is 6.61 Å². The summed E-state index contributed by atoms with van der Waals surface area (Å²) < 4.78 is 5.41. The topological polar surface area (TPSA) is 87.7 Å². The molecule has 150 valence electrons. The summed E-state index contributed by atoms with van der Waals surface area (Å²) in [7, 11) is 3.32. The number of carbonyl (C=O) groups excluding carboxylic acids is 3. The highest BCUT2D eigenvalue weighted by Gasteiger charge is 2.25. The van der Waals surface area contributed by atoms with Crippen LogP contribution < -0.4 is 15.4 Å². The van der Waals surface area contributed by atoms with Crippen LogP contribution in [0.1, 0.15) is 23.5 Å². The molecule has 1 unspecified atom stereocenters. The minimum atomic E-state index is -0.664. The molecule has 0 saturated heterocycles. The quantitative estimate of drug-likeness (QED) is 0.709. The molecule has 2 rings (SSSR count). The summed E-state index contributed by atoms with van der Waals surface area (Å²) in [5.41, 5.74) is 0.576. The molecule has 0 aliphatic carbocycles. The van der Waals surface area contributed by atoms with Crippen molar-refractivity contribution in [2.24, 2.45) is 5.92 Å². The highest BCUT2D eigenvalue weighted by Crippen LogP contribution is 2.17. The van der Waals surface area contributed by atoms with Gasteiger partial charge in [0.05, 0.1) is 4.88 Å². The Hall–Kier alpha value is -2.87. The van der Waals surface area contributed by atoms with Gasteiger partial charge in [-0.05, 0) is 41.6 Å². The Morgan fingerprint density at radius 1 is 1.11 bits per heavy atom. The van der Waals surface area contributed by atoms with Crippen molar-refractivity contribution in [1.82, 2.24) is 10.2 Å². The third-order valence-corrected chi connectivity index (χ3v) is 4.83. The lowest BCUT2D eigenvalue weighted by atomic mass is 10.0. The monoisotopic (exact) mass is 403 g/mol. The van der Waals surface area contributed by atoms with E-state index >= 15 is 0 Å². The van der Waals surface area contributed by atoms with Gasteiger partial charge in [-0.2, -0.15) is 0 Å². The summed E-state index contributed by atoms with van der Waals surface area (Å²) in [4.78, 5) is 38.5. The zero-order valence-corrected chi connectivity index (χ0v) is 17.2. The number of thiophene rings is 1. The Labute approximate surface area is 168 Å². The van der Waals surface area contributed by atoms with Crippen LogP contribution in [0.4, 0.5) is 5.69 Å². The van der Waals surface area contributed by atoms with E-state index in [-0.39, 0.29) is 30.2 Å². The van der Waals surface area contributed by atoms with Crippen molar-refractivity contribution in [3.63, 3.8) is 0 Å². The predicted octanol–water partition coefficient (Wildman–Crippen LogP) is 2.61. The van der Waals surface area contributed by atoms with E-state index < -0.39 is 6.04 Å². The van der Waals surface area contributed by atoms with Crippen LogP contribution in [0.3, 0.4) is 0 Å². The summed E-state index contributed by atoms with van der Waals surface area (Å²) >= 11 is 1.33. The molecular weight excluding hydrogens is 378 g/mol. The van der Waals surface area contributed by atoms with Gasteiger partial charge in [0.1, 0.15) is 11.8 Å². The van der Waals surface area contributed by atoms with E-state index in [4.69, 9.17) is 4.74 Å². The number of carbonyl (C=O) groups is 3. The fourth-order valence-corrected chi connectivity index (χ4v) is 2.91. The second-order valence-corrected chi connectivity index (χ2v) is 7.71. The lowest BCUT2D eigenvalue weighted by molar-refractivity contribution is -0.130. The van der Waals surface area contributed by atoms with Crippen molar-refractivity contribution in [2.75, 3.05) is 26.0 Å².